The van der Waals surface area contributed by atoms with Crippen LogP contribution in [0.5, 0.6) is 11.5 Å². The predicted molar refractivity (Wildman–Crippen MR) is 109 cm³/mol. The summed E-state index contributed by atoms with van der Waals surface area (Å²) in [5, 5.41) is 12.3. The van der Waals surface area contributed by atoms with Gasteiger partial charge in [-0.25, -0.2) is 9.97 Å². The van der Waals surface area contributed by atoms with Gasteiger partial charge in [0.1, 0.15) is 28.9 Å². The van der Waals surface area contributed by atoms with E-state index >= 15 is 0 Å². The van der Waals surface area contributed by atoms with E-state index in [-0.39, 0.29) is 23.8 Å². The molecule has 0 amide bonds. The lowest BCUT2D eigenvalue weighted by atomic mass is 10.1. The number of ether oxygens (including phenoxy) is 3. The van der Waals surface area contributed by atoms with E-state index in [4.69, 9.17) is 19.5 Å². The highest BCUT2D eigenvalue weighted by Crippen LogP contribution is 2.34. The fourth-order valence-electron chi connectivity index (χ4n) is 2.11. The van der Waals surface area contributed by atoms with Crippen molar-refractivity contribution in [2.45, 2.75) is 0 Å². The van der Waals surface area contributed by atoms with Crippen LogP contribution in [0.4, 0.5) is 5.82 Å². The molecule has 1 aromatic heterocycles. The summed E-state index contributed by atoms with van der Waals surface area (Å²) >= 11 is 4.69. The number of aromatic nitrogens is 2. The number of nitriles is 1. The molecule has 2 aromatic rings. The zero-order valence-electron chi connectivity index (χ0n) is 15.4. The van der Waals surface area contributed by atoms with Crippen LogP contribution in [0.15, 0.2) is 40.1 Å². The van der Waals surface area contributed by atoms with E-state index < -0.39 is 0 Å². The van der Waals surface area contributed by atoms with Crippen LogP contribution in [0.2, 0.25) is 0 Å². The molecule has 0 bridgehead atoms. The third kappa shape index (κ3) is 5.69. The Balaban J connectivity index is 2.35. The third-order valence-corrected chi connectivity index (χ3v) is 4.45. The molecule has 0 spiro atoms. The first-order valence-electron chi connectivity index (χ1n) is 7.80. The summed E-state index contributed by atoms with van der Waals surface area (Å²) in [5.41, 5.74) is 0.470. The van der Waals surface area contributed by atoms with E-state index in [1.807, 2.05) is 12.3 Å². The van der Waals surface area contributed by atoms with Crippen molar-refractivity contribution in [3.05, 3.63) is 51.4 Å². The summed E-state index contributed by atoms with van der Waals surface area (Å²) in [6.45, 7) is -0.0158. The molecular formula is C18H17BrN4O4S. The first-order valence-corrected chi connectivity index (χ1v) is 9.82. The molecule has 146 valence electrons. The van der Waals surface area contributed by atoms with Crippen molar-refractivity contribution in [2.24, 2.45) is 0 Å². The SMILES string of the molecule is COCOc1cc(Br)cc(OC)c1C(=O)/C=C(/Nc1cnc(C#N)cn1)SC. The molecule has 0 unspecified atom stereocenters. The van der Waals surface area contributed by atoms with Gasteiger partial charge >= 0.3 is 0 Å². The number of rotatable bonds is 9. The topological polar surface area (TPSA) is 106 Å². The molecule has 1 heterocycles. The summed E-state index contributed by atoms with van der Waals surface area (Å²) in [4.78, 5) is 21.0. The number of hydrogen-bond donors (Lipinski definition) is 1. The lowest BCUT2D eigenvalue weighted by Crippen LogP contribution is -2.09. The van der Waals surface area contributed by atoms with Crippen LogP contribution >= 0.6 is 27.7 Å². The minimum absolute atomic E-state index is 0.0158. The second-order valence-corrected chi connectivity index (χ2v) is 6.90. The number of methoxy groups -OCH3 is 2. The number of thioether (sulfide) groups is 1. The quantitative estimate of drug-likeness (QED) is 0.338. The first kappa shape index (κ1) is 21.7. The summed E-state index contributed by atoms with van der Waals surface area (Å²) in [6, 6.07) is 5.25. The number of ketones is 1. The fraction of sp³-hybridized carbons (Fsp3) is 0.222. The van der Waals surface area contributed by atoms with Gasteiger partial charge in [-0.2, -0.15) is 5.26 Å². The van der Waals surface area contributed by atoms with Crippen molar-refractivity contribution in [1.82, 2.24) is 9.97 Å². The van der Waals surface area contributed by atoms with E-state index in [9.17, 15) is 4.79 Å². The molecule has 0 saturated heterocycles. The maximum absolute atomic E-state index is 13.0. The number of benzene rings is 1. The van der Waals surface area contributed by atoms with Crippen LogP contribution in [0.1, 0.15) is 16.1 Å². The Morgan fingerprint density at radius 2 is 2.07 bits per heavy atom. The van der Waals surface area contributed by atoms with E-state index in [2.05, 4.69) is 31.2 Å². The molecule has 28 heavy (non-hydrogen) atoms. The lowest BCUT2D eigenvalue weighted by molar-refractivity contribution is 0.0501. The molecule has 0 saturated carbocycles. The van der Waals surface area contributed by atoms with Crippen LogP contribution in [0, 0.1) is 11.3 Å². The molecular weight excluding hydrogens is 448 g/mol. The number of anilines is 1. The Bertz CT molecular complexity index is 913. The Kier molecular flexibility index (Phi) is 8.25. The maximum atomic E-state index is 13.0. The number of carbonyl (C=O) groups is 1. The van der Waals surface area contributed by atoms with Crippen molar-refractivity contribution in [1.29, 1.82) is 5.26 Å². The van der Waals surface area contributed by atoms with Gasteiger partial charge in [0.25, 0.3) is 0 Å². The summed E-state index contributed by atoms with van der Waals surface area (Å²) in [5.74, 6) is 0.772. The summed E-state index contributed by atoms with van der Waals surface area (Å²) < 4.78 is 16.5. The van der Waals surface area contributed by atoms with Gasteiger partial charge < -0.3 is 19.5 Å². The maximum Gasteiger partial charge on any atom is 0.195 e. The molecule has 1 N–H and O–H groups in total. The molecule has 1 aromatic carbocycles. The van der Waals surface area contributed by atoms with Crippen LogP contribution in [-0.4, -0.2) is 43.0 Å². The van der Waals surface area contributed by atoms with E-state index in [0.29, 0.717) is 26.8 Å². The van der Waals surface area contributed by atoms with Crippen molar-refractivity contribution < 1.29 is 19.0 Å². The summed E-state index contributed by atoms with van der Waals surface area (Å²) in [6.07, 6.45) is 5.98. The largest absolute Gasteiger partial charge is 0.496 e. The zero-order chi connectivity index (χ0) is 20.5. The smallest absolute Gasteiger partial charge is 0.195 e. The standard InChI is InChI=1S/C18H17BrN4O4S/c1-25-10-27-15-5-11(19)4-14(26-2)18(15)13(24)6-17(28-3)23-16-9-21-12(7-20)8-22-16/h4-6,8-9H,10H2,1-3H3,(H,22,23)/b17-6-. The van der Waals surface area contributed by atoms with Crippen LogP contribution in [0.3, 0.4) is 0 Å². The second-order valence-electron chi connectivity index (χ2n) is 5.13. The highest BCUT2D eigenvalue weighted by atomic mass is 79.9. The highest BCUT2D eigenvalue weighted by Gasteiger charge is 2.19. The Morgan fingerprint density at radius 1 is 1.32 bits per heavy atom. The highest BCUT2D eigenvalue weighted by molar-refractivity contribution is 9.10. The Labute approximate surface area is 175 Å². The molecule has 0 fully saturated rings. The monoisotopic (exact) mass is 464 g/mol. The van der Waals surface area contributed by atoms with Crippen molar-refractivity contribution >= 4 is 39.3 Å². The zero-order valence-corrected chi connectivity index (χ0v) is 17.8. The van der Waals surface area contributed by atoms with Crippen LogP contribution in [0.25, 0.3) is 0 Å². The molecule has 0 aliphatic carbocycles. The second kappa shape index (κ2) is 10.7. The molecule has 0 atom stereocenters. The van der Waals surface area contributed by atoms with Gasteiger partial charge in [0, 0.05) is 17.7 Å². The molecule has 10 heteroatoms. The van der Waals surface area contributed by atoms with Gasteiger partial charge in [-0.15, -0.1) is 11.8 Å². The first-order chi connectivity index (χ1) is 13.5. The molecule has 0 radical (unpaired) electrons. The van der Waals surface area contributed by atoms with Gasteiger partial charge in [0.15, 0.2) is 18.3 Å². The number of carbonyl (C=O) groups excluding carboxylic acids is 1. The Hall–Kier alpha value is -2.61. The van der Waals surface area contributed by atoms with Crippen molar-refractivity contribution in [3.8, 4) is 17.6 Å². The van der Waals surface area contributed by atoms with Crippen molar-refractivity contribution in [2.75, 3.05) is 32.6 Å². The minimum Gasteiger partial charge on any atom is -0.496 e. The van der Waals surface area contributed by atoms with Gasteiger partial charge in [-0.3, -0.25) is 4.79 Å². The van der Waals surface area contributed by atoms with E-state index in [1.165, 1.54) is 44.5 Å². The average Bonchev–Trinajstić information content (AvgIpc) is 2.71. The van der Waals surface area contributed by atoms with Gasteiger partial charge in [-0.1, -0.05) is 15.9 Å². The van der Waals surface area contributed by atoms with Gasteiger partial charge in [-0.05, 0) is 18.4 Å². The number of nitrogens with one attached hydrogen (secondary N) is 1. The third-order valence-electron chi connectivity index (χ3n) is 3.33. The molecule has 2 rings (SSSR count). The number of halogens is 1. The predicted octanol–water partition coefficient (Wildman–Crippen LogP) is 3.60. The normalized spacial score (nSPS) is 10.9. The van der Waals surface area contributed by atoms with Crippen LogP contribution < -0.4 is 14.8 Å². The Morgan fingerprint density at radius 3 is 2.64 bits per heavy atom. The summed E-state index contributed by atoms with van der Waals surface area (Å²) in [7, 11) is 2.97. The van der Waals surface area contributed by atoms with Crippen LogP contribution in [-0.2, 0) is 4.74 Å². The number of hydrogen-bond acceptors (Lipinski definition) is 9. The molecule has 0 aliphatic heterocycles. The van der Waals surface area contributed by atoms with E-state index in [1.54, 1.807) is 12.1 Å². The number of nitrogens with zero attached hydrogens (tertiary/aromatic N) is 3. The minimum atomic E-state index is -0.325. The van der Waals surface area contributed by atoms with Crippen molar-refractivity contribution in [3.63, 3.8) is 0 Å². The molecule has 8 nitrogen and oxygen atoms in total. The fourth-order valence-corrected chi connectivity index (χ4v) is 2.96. The lowest BCUT2D eigenvalue weighted by Gasteiger charge is -2.14. The average molecular weight is 465 g/mol. The van der Waals surface area contributed by atoms with Gasteiger partial charge in [0.2, 0.25) is 0 Å². The molecule has 0 aliphatic rings. The van der Waals surface area contributed by atoms with E-state index in [0.717, 1.165) is 0 Å². The van der Waals surface area contributed by atoms with Gasteiger partial charge in [0.05, 0.1) is 24.5 Å². The number of allylic oxidation sites excluding steroid dienone is 1.